The van der Waals surface area contributed by atoms with E-state index in [2.05, 4.69) is 10.6 Å². The first-order chi connectivity index (χ1) is 10.9. The van der Waals surface area contributed by atoms with Crippen LogP contribution < -0.4 is 10.6 Å². The fourth-order valence-electron chi connectivity index (χ4n) is 2.55. The van der Waals surface area contributed by atoms with Crippen LogP contribution in [-0.2, 0) is 16.1 Å². The molecular formula is C16H20ClN3O3. The summed E-state index contributed by atoms with van der Waals surface area (Å²) in [4.78, 5) is 37.3. The SMILES string of the molecule is CCC1(CC)NC(=O)N(CC(=O)NCc2ccc(Cl)cc2)C1=O. The monoisotopic (exact) mass is 337 g/mol. The summed E-state index contributed by atoms with van der Waals surface area (Å²) < 4.78 is 0. The van der Waals surface area contributed by atoms with Crippen LogP contribution in [0.1, 0.15) is 32.3 Å². The number of halogens is 1. The van der Waals surface area contributed by atoms with E-state index in [0.29, 0.717) is 24.4 Å². The summed E-state index contributed by atoms with van der Waals surface area (Å²) in [6.45, 7) is 3.71. The van der Waals surface area contributed by atoms with Gasteiger partial charge in [0, 0.05) is 11.6 Å². The number of imide groups is 1. The second-order valence-corrected chi connectivity index (χ2v) is 5.95. The molecule has 0 radical (unpaired) electrons. The van der Waals surface area contributed by atoms with Crippen molar-refractivity contribution < 1.29 is 14.4 Å². The lowest BCUT2D eigenvalue weighted by Crippen LogP contribution is -2.46. The summed E-state index contributed by atoms with van der Waals surface area (Å²) in [6, 6.07) is 6.56. The van der Waals surface area contributed by atoms with Crippen LogP contribution in [0.3, 0.4) is 0 Å². The first-order valence-corrected chi connectivity index (χ1v) is 7.95. The summed E-state index contributed by atoms with van der Waals surface area (Å²) >= 11 is 5.80. The zero-order valence-electron chi connectivity index (χ0n) is 13.2. The highest BCUT2D eigenvalue weighted by Gasteiger charge is 2.49. The quantitative estimate of drug-likeness (QED) is 0.780. The Morgan fingerprint density at radius 3 is 2.35 bits per heavy atom. The van der Waals surface area contributed by atoms with E-state index in [-0.39, 0.29) is 18.4 Å². The minimum atomic E-state index is -0.881. The number of carbonyl (C=O) groups excluding carboxylic acids is 3. The van der Waals surface area contributed by atoms with E-state index in [0.717, 1.165) is 10.5 Å². The lowest BCUT2D eigenvalue weighted by Gasteiger charge is -2.23. The standard InChI is InChI=1S/C16H20ClN3O3/c1-3-16(4-2)14(22)20(15(23)19-16)10-13(21)18-9-11-5-7-12(17)8-6-11/h5-8H,3-4,9-10H2,1-2H3,(H,18,21)(H,19,23). The number of nitrogens with zero attached hydrogens (tertiary/aromatic N) is 1. The number of amides is 4. The van der Waals surface area contributed by atoms with Gasteiger partial charge in [0.15, 0.2) is 0 Å². The molecule has 1 aliphatic rings. The van der Waals surface area contributed by atoms with E-state index in [1.165, 1.54) is 0 Å². The Labute approximate surface area is 140 Å². The van der Waals surface area contributed by atoms with E-state index in [1.807, 2.05) is 13.8 Å². The van der Waals surface area contributed by atoms with Crippen molar-refractivity contribution in [3.8, 4) is 0 Å². The average molecular weight is 338 g/mol. The molecule has 124 valence electrons. The smallest absolute Gasteiger partial charge is 0.325 e. The van der Waals surface area contributed by atoms with Crippen LogP contribution >= 0.6 is 11.6 Å². The van der Waals surface area contributed by atoms with Gasteiger partial charge in [-0.05, 0) is 30.5 Å². The second-order valence-electron chi connectivity index (χ2n) is 5.51. The van der Waals surface area contributed by atoms with Crippen LogP contribution in [-0.4, -0.2) is 34.8 Å². The van der Waals surface area contributed by atoms with Gasteiger partial charge in [0.25, 0.3) is 5.91 Å². The zero-order valence-corrected chi connectivity index (χ0v) is 13.9. The molecule has 23 heavy (non-hydrogen) atoms. The van der Waals surface area contributed by atoms with Gasteiger partial charge in [-0.15, -0.1) is 0 Å². The maximum Gasteiger partial charge on any atom is 0.325 e. The Morgan fingerprint density at radius 1 is 1.22 bits per heavy atom. The summed E-state index contributed by atoms with van der Waals surface area (Å²) in [5, 5.41) is 6.01. The molecule has 2 rings (SSSR count). The third-order valence-corrected chi connectivity index (χ3v) is 4.41. The predicted octanol–water partition coefficient (Wildman–Crippen LogP) is 2.07. The van der Waals surface area contributed by atoms with Gasteiger partial charge in [-0.3, -0.25) is 14.5 Å². The first kappa shape index (κ1) is 17.3. The van der Waals surface area contributed by atoms with Crippen LogP contribution in [0, 0.1) is 0 Å². The Bertz CT molecular complexity index is 612. The van der Waals surface area contributed by atoms with Gasteiger partial charge in [0.05, 0.1) is 0 Å². The Balaban J connectivity index is 1.93. The maximum absolute atomic E-state index is 12.4. The van der Waals surface area contributed by atoms with Crippen LogP contribution in [0.2, 0.25) is 5.02 Å². The number of hydrogen-bond acceptors (Lipinski definition) is 3. The van der Waals surface area contributed by atoms with Crippen LogP contribution in [0.15, 0.2) is 24.3 Å². The molecule has 6 nitrogen and oxygen atoms in total. The summed E-state index contributed by atoms with van der Waals surface area (Å²) in [5.74, 6) is -0.722. The number of rotatable bonds is 6. The molecule has 1 aliphatic heterocycles. The molecule has 1 saturated heterocycles. The number of carbonyl (C=O) groups is 3. The van der Waals surface area contributed by atoms with Crippen molar-refractivity contribution in [3.05, 3.63) is 34.9 Å². The van der Waals surface area contributed by atoms with Crippen molar-refractivity contribution in [3.63, 3.8) is 0 Å². The molecule has 0 aromatic heterocycles. The molecule has 1 aromatic rings. The van der Waals surface area contributed by atoms with E-state index in [1.54, 1.807) is 24.3 Å². The molecule has 4 amide bonds. The number of hydrogen-bond donors (Lipinski definition) is 2. The van der Waals surface area contributed by atoms with Crippen LogP contribution in [0.5, 0.6) is 0 Å². The molecule has 0 saturated carbocycles. The summed E-state index contributed by atoms with van der Waals surface area (Å²) in [6.07, 6.45) is 0.994. The molecule has 0 unspecified atom stereocenters. The Morgan fingerprint density at radius 2 is 1.83 bits per heavy atom. The minimum Gasteiger partial charge on any atom is -0.350 e. The summed E-state index contributed by atoms with van der Waals surface area (Å²) in [5.41, 5.74) is 0.00416. The summed E-state index contributed by atoms with van der Waals surface area (Å²) in [7, 11) is 0. The highest BCUT2D eigenvalue weighted by atomic mass is 35.5. The Kier molecular flexibility index (Phi) is 5.26. The van der Waals surface area contributed by atoms with E-state index < -0.39 is 11.6 Å². The lowest BCUT2D eigenvalue weighted by molar-refractivity contribution is -0.135. The van der Waals surface area contributed by atoms with Crippen molar-refractivity contribution in [2.75, 3.05) is 6.54 Å². The largest absolute Gasteiger partial charge is 0.350 e. The normalized spacial score (nSPS) is 16.4. The second kappa shape index (κ2) is 7.00. The molecule has 1 heterocycles. The molecule has 0 bridgehead atoms. The van der Waals surface area contributed by atoms with E-state index in [4.69, 9.17) is 11.6 Å². The van der Waals surface area contributed by atoms with Crippen molar-refractivity contribution in [1.29, 1.82) is 0 Å². The maximum atomic E-state index is 12.4. The fraction of sp³-hybridized carbons (Fsp3) is 0.438. The molecule has 0 spiro atoms. The molecule has 1 fully saturated rings. The van der Waals surface area contributed by atoms with E-state index in [9.17, 15) is 14.4 Å². The van der Waals surface area contributed by atoms with Gasteiger partial charge in [0.1, 0.15) is 12.1 Å². The van der Waals surface area contributed by atoms with Gasteiger partial charge in [-0.25, -0.2) is 4.79 Å². The number of benzene rings is 1. The van der Waals surface area contributed by atoms with Crippen molar-refractivity contribution in [2.24, 2.45) is 0 Å². The highest BCUT2D eigenvalue weighted by Crippen LogP contribution is 2.24. The average Bonchev–Trinajstić information content (AvgIpc) is 2.79. The van der Waals surface area contributed by atoms with Gasteiger partial charge in [-0.2, -0.15) is 0 Å². The molecule has 0 aliphatic carbocycles. The lowest BCUT2D eigenvalue weighted by atomic mass is 9.93. The molecule has 2 N–H and O–H groups in total. The van der Waals surface area contributed by atoms with Gasteiger partial charge in [-0.1, -0.05) is 37.6 Å². The van der Waals surface area contributed by atoms with Gasteiger partial charge in [0.2, 0.25) is 5.91 Å². The van der Waals surface area contributed by atoms with Crippen molar-refractivity contribution in [1.82, 2.24) is 15.5 Å². The predicted molar refractivity (Wildman–Crippen MR) is 86.9 cm³/mol. The van der Waals surface area contributed by atoms with Gasteiger partial charge < -0.3 is 10.6 Å². The molecule has 0 atom stereocenters. The first-order valence-electron chi connectivity index (χ1n) is 7.57. The minimum absolute atomic E-state index is 0.278. The van der Waals surface area contributed by atoms with Crippen LogP contribution in [0.4, 0.5) is 4.79 Å². The van der Waals surface area contributed by atoms with E-state index >= 15 is 0 Å². The Hall–Kier alpha value is -2.08. The van der Waals surface area contributed by atoms with Crippen molar-refractivity contribution in [2.45, 2.75) is 38.8 Å². The van der Waals surface area contributed by atoms with Crippen molar-refractivity contribution >= 4 is 29.4 Å². The molecule has 7 heteroatoms. The van der Waals surface area contributed by atoms with Crippen LogP contribution in [0.25, 0.3) is 0 Å². The molecule has 1 aromatic carbocycles. The molecular weight excluding hydrogens is 318 g/mol. The zero-order chi connectivity index (χ0) is 17.0. The fourth-order valence-corrected chi connectivity index (χ4v) is 2.68. The third kappa shape index (κ3) is 3.64. The number of nitrogens with one attached hydrogen (secondary N) is 2. The van der Waals surface area contributed by atoms with Gasteiger partial charge >= 0.3 is 6.03 Å². The third-order valence-electron chi connectivity index (χ3n) is 4.16. The topological polar surface area (TPSA) is 78.5 Å². The highest BCUT2D eigenvalue weighted by molar-refractivity contribution is 6.30. The number of urea groups is 1.